The zero-order valence-electron chi connectivity index (χ0n) is 18.1. The Labute approximate surface area is 178 Å². The SMILES string of the molecule is COCCOC(C)C(=O)NCC(c1ccc(N(C)C)cc1)c1c[nH]c2ccccc12. The van der Waals surface area contributed by atoms with Crippen molar-refractivity contribution in [2.45, 2.75) is 18.9 Å². The normalized spacial score (nSPS) is 13.2. The summed E-state index contributed by atoms with van der Waals surface area (Å²) < 4.78 is 10.5. The van der Waals surface area contributed by atoms with E-state index < -0.39 is 6.10 Å². The number of para-hydroxylation sites is 1. The minimum absolute atomic E-state index is 0.0208. The maximum absolute atomic E-state index is 12.6. The topological polar surface area (TPSA) is 66.6 Å². The molecule has 0 bridgehead atoms. The van der Waals surface area contributed by atoms with Crippen molar-refractivity contribution in [1.82, 2.24) is 10.3 Å². The second kappa shape index (κ2) is 10.3. The highest BCUT2D eigenvalue weighted by Crippen LogP contribution is 2.31. The van der Waals surface area contributed by atoms with Gasteiger partial charge in [0.25, 0.3) is 0 Å². The second-order valence-electron chi connectivity index (χ2n) is 7.58. The van der Waals surface area contributed by atoms with Crippen LogP contribution in [0.15, 0.2) is 54.7 Å². The number of aromatic nitrogens is 1. The molecule has 2 atom stereocenters. The lowest BCUT2D eigenvalue weighted by molar-refractivity contribution is -0.132. The van der Waals surface area contributed by atoms with Crippen molar-refractivity contribution in [3.05, 3.63) is 65.9 Å². The van der Waals surface area contributed by atoms with E-state index in [9.17, 15) is 4.79 Å². The average Bonchev–Trinajstić information content (AvgIpc) is 3.18. The van der Waals surface area contributed by atoms with Crippen molar-refractivity contribution >= 4 is 22.5 Å². The van der Waals surface area contributed by atoms with Crippen LogP contribution < -0.4 is 10.2 Å². The predicted molar refractivity (Wildman–Crippen MR) is 121 cm³/mol. The number of nitrogens with one attached hydrogen (secondary N) is 2. The van der Waals surface area contributed by atoms with Gasteiger partial charge < -0.3 is 24.7 Å². The number of ether oxygens (including phenoxy) is 2. The van der Waals surface area contributed by atoms with Crippen LogP contribution in [0.2, 0.25) is 0 Å². The molecule has 6 nitrogen and oxygen atoms in total. The Morgan fingerprint density at radius 1 is 1.10 bits per heavy atom. The molecule has 1 heterocycles. The number of carbonyl (C=O) groups excluding carboxylic acids is 1. The van der Waals surface area contributed by atoms with Crippen LogP contribution in [0.4, 0.5) is 5.69 Å². The summed E-state index contributed by atoms with van der Waals surface area (Å²) in [6, 6.07) is 16.7. The molecule has 6 heteroatoms. The predicted octanol–water partition coefficient (Wildman–Crippen LogP) is 3.53. The molecule has 2 N–H and O–H groups in total. The van der Waals surface area contributed by atoms with E-state index in [0.29, 0.717) is 19.8 Å². The highest BCUT2D eigenvalue weighted by Gasteiger charge is 2.21. The molecule has 160 valence electrons. The second-order valence-corrected chi connectivity index (χ2v) is 7.58. The van der Waals surface area contributed by atoms with Gasteiger partial charge in [-0.1, -0.05) is 30.3 Å². The summed E-state index contributed by atoms with van der Waals surface area (Å²) in [7, 11) is 5.66. The van der Waals surface area contributed by atoms with Gasteiger partial charge in [0.05, 0.1) is 13.2 Å². The van der Waals surface area contributed by atoms with E-state index in [4.69, 9.17) is 9.47 Å². The molecule has 2 aromatic carbocycles. The molecule has 3 aromatic rings. The number of hydrogen-bond acceptors (Lipinski definition) is 4. The maximum Gasteiger partial charge on any atom is 0.248 e. The number of rotatable bonds is 10. The Morgan fingerprint density at radius 2 is 1.83 bits per heavy atom. The van der Waals surface area contributed by atoms with Crippen LogP contribution in [0, 0.1) is 0 Å². The molecule has 0 aliphatic rings. The highest BCUT2D eigenvalue weighted by molar-refractivity contribution is 5.84. The smallest absolute Gasteiger partial charge is 0.248 e. The zero-order chi connectivity index (χ0) is 21.5. The van der Waals surface area contributed by atoms with Crippen molar-refractivity contribution < 1.29 is 14.3 Å². The van der Waals surface area contributed by atoms with Crippen molar-refractivity contribution in [3.8, 4) is 0 Å². The van der Waals surface area contributed by atoms with E-state index in [2.05, 4.69) is 51.6 Å². The van der Waals surface area contributed by atoms with E-state index >= 15 is 0 Å². The molecule has 0 saturated heterocycles. The molecular formula is C24H31N3O3. The number of fused-ring (bicyclic) bond motifs is 1. The van der Waals surface area contributed by atoms with Crippen LogP contribution in [0.1, 0.15) is 24.0 Å². The molecule has 0 radical (unpaired) electrons. The number of carbonyl (C=O) groups is 1. The monoisotopic (exact) mass is 409 g/mol. The van der Waals surface area contributed by atoms with Crippen LogP contribution in [-0.4, -0.2) is 58.0 Å². The van der Waals surface area contributed by atoms with Gasteiger partial charge in [-0.25, -0.2) is 0 Å². The lowest BCUT2D eigenvalue weighted by Gasteiger charge is -2.21. The van der Waals surface area contributed by atoms with Crippen LogP contribution >= 0.6 is 0 Å². The maximum atomic E-state index is 12.6. The summed E-state index contributed by atoms with van der Waals surface area (Å²) in [6.07, 6.45) is 1.51. The summed E-state index contributed by atoms with van der Waals surface area (Å²) in [5, 5.41) is 4.23. The Bertz CT molecular complexity index is 950. The molecule has 0 aliphatic carbocycles. The first kappa shape index (κ1) is 21.9. The lowest BCUT2D eigenvalue weighted by atomic mass is 9.90. The first-order valence-electron chi connectivity index (χ1n) is 10.2. The van der Waals surface area contributed by atoms with E-state index in [1.54, 1.807) is 14.0 Å². The van der Waals surface area contributed by atoms with Crippen molar-refractivity contribution in [3.63, 3.8) is 0 Å². The van der Waals surface area contributed by atoms with Gasteiger partial charge in [0, 0.05) is 56.5 Å². The fourth-order valence-corrected chi connectivity index (χ4v) is 3.52. The average molecular weight is 410 g/mol. The number of benzene rings is 2. The quantitative estimate of drug-likeness (QED) is 0.503. The Balaban J connectivity index is 1.82. The van der Waals surface area contributed by atoms with E-state index in [1.807, 2.05) is 32.4 Å². The van der Waals surface area contributed by atoms with Crippen molar-refractivity contribution in [2.24, 2.45) is 0 Å². The standard InChI is InChI=1S/C24H31N3O3/c1-17(30-14-13-29-4)24(28)26-15-21(18-9-11-19(12-10-18)27(2)3)22-16-25-23-8-6-5-7-20(22)23/h5-12,16-17,21,25H,13-15H2,1-4H3,(H,26,28). The van der Waals surface area contributed by atoms with Crippen LogP contribution in [-0.2, 0) is 14.3 Å². The third kappa shape index (κ3) is 5.20. The molecule has 0 spiro atoms. The van der Waals surface area contributed by atoms with E-state index in [1.165, 1.54) is 0 Å². The number of aromatic amines is 1. The van der Waals surface area contributed by atoms with Crippen molar-refractivity contribution in [1.29, 1.82) is 0 Å². The van der Waals surface area contributed by atoms with E-state index in [-0.39, 0.29) is 11.8 Å². The molecule has 1 amide bonds. The Hall–Kier alpha value is -2.83. The largest absolute Gasteiger partial charge is 0.382 e. The number of methoxy groups -OCH3 is 1. The summed E-state index contributed by atoms with van der Waals surface area (Å²) in [6.45, 7) is 3.11. The van der Waals surface area contributed by atoms with Gasteiger partial charge >= 0.3 is 0 Å². The van der Waals surface area contributed by atoms with Gasteiger partial charge in [0.2, 0.25) is 5.91 Å². The summed E-state index contributed by atoms with van der Waals surface area (Å²) in [5.41, 5.74) is 4.54. The van der Waals surface area contributed by atoms with Crippen LogP contribution in [0.3, 0.4) is 0 Å². The Morgan fingerprint density at radius 3 is 2.53 bits per heavy atom. The lowest BCUT2D eigenvalue weighted by Crippen LogP contribution is -2.37. The molecule has 0 fully saturated rings. The Kier molecular flexibility index (Phi) is 7.49. The molecule has 0 aliphatic heterocycles. The summed E-state index contributed by atoms with van der Waals surface area (Å²) in [5.74, 6) is -0.103. The molecule has 0 saturated carbocycles. The van der Waals surface area contributed by atoms with Gasteiger partial charge in [-0.15, -0.1) is 0 Å². The molecular weight excluding hydrogens is 378 g/mol. The first-order valence-corrected chi connectivity index (χ1v) is 10.2. The molecule has 30 heavy (non-hydrogen) atoms. The first-order chi connectivity index (χ1) is 14.5. The van der Waals surface area contributed by atoms with Crippen LogP contribution in [0.5, 0.6) is 0 Å². The number of hydrogen-bond donors (Lipinski definition) is 2. The minimum Gasteiger partial charge on any atom is -0.382 e. The van der Waals surface area contributed by atoms with Gasteiger partial charge in [-0.05, 0) is 36.2 Å². The minimum atomic E-state index is -0.528. The fraction of sp³-hybridized carbons (Fsp3) is 0.375. The van der Waals surface area contributed by atoms with Gasteiger partial charge in [-0.3, -0.25) is 4.79 Å². The molecule has 2 unspecified atom stereocenters. The third-order valence-corrected chi connectivity index (χ3v) is 5.31. The third-order valence-electron chi connectivity index (χ3n) is 5.31. The van der Waals surface area contributed by atoms with E-state index in [0.717, 1.165) is 27.7 Å². The summed E-state index contributed by atoms with van der Waals surface area (Å²) >= 11 is 0. The number of amides is 1. The van der Waals surface area contributed by atoms with Crippen LogP contribution in [0.25, 0.3) is 10.9 Å². The van der Waals surface area contributed by atoms with Crippen molar-refractivity contribution in [2.75, 3.05) is 45.9 Å². The molecule has 1 aromatic heterocycles. The number of H-pyrrole nitrogens is 1. The molecule has 3 rings (SSSR count). The van der Waals surface area contributed by atoms with Gasteiger partial charge in [0.15, 0.2) is 0 Å². The van der Waals surface area contributed by atoms with Gasteiger partial charge in [-0.2, -0.15) is 0 Å². The number of anilines is 1. The number of nitrogens with zero attached hydrogens (tertiary/aromatic N) is 1. The van der Waals surface area contributed by atoms with Gasteiger partial charge in [0.1, 0.15) is 6.10 Å². The highest BCUT2D eigenvalue weighted by atomic mass is 16.5. The summed E-state index contributed by atoms with van der Waals surface area (Å²) in [4.78, 5) is 18.0. The zero-order valence-corrected chi connectivity index (χ0v) is 18.1. The fourth-order valence-electron chi connectivity index (χ4n) is 3.52.